The average molecular weight is 221 g/mol. The summed E-state index contributed by atoms with van der Waals surface area (Å²) in [6.07, 6.45) is 4.94. The van der Waals surface area contributed by atoms with Gasteiger partial charge in [-0.2, -0.15) is 0 Å². The molecule has 16 heavy (non-hydrogen) atoms. The molecule has 1 saturated heterocycles. The first-order valence-corrected chi connectivity index (χ1v) is 5.85. The normalized spacial score (nSPS) is 40.6. The van der Waals surface area contributed by atoms with Crippen LogP contribution in [0.25, 0.3) is 0 Å². The van der Waals surface area contributed by atoms with Gasteiger partial charge in [-0.05, 0) is 24.2 Å². The summed E-state index contributed by atoms with van der Waals surface area (Å²) >= 11 is 0. The van der Waals surface area contributed by atoms with E-state index in [2.05, 4.69) is 19.1 Å². The number of ether oxygens (including phenoxy) is 1. The van der Waals surface area contributed by atoms with E-state index in [-0.39, 0.29) is 11.8 Å². The van der Waals surface area contributed by atoms with Gasteiger partial charge in [0.1, 0.15) is 6.61 Å². The second-order valence-electron chi connectivity index (χ2n) is 4.94. The second kappa shape index (κ2) is 3.34. The van der Waals surface area contributed by atoms with E-state index in [4.69, 9.17) is 4.74 Å². The highest BCUT2D eigenvalue weighted by Gasteiger charge is 2.48. The van der Waals surface area contributed by atoms with Gasteiger partial charge in [0.2, 0.25) is 5.91 Å². The highest BCUT2D eigenvalue weighted by Crippen LogP contribution is 2.48. The molecule has 0 aromatic carbocycles. The summed E-state index contributed by atoms with van der Waals surface area (Å²) in [4.78, 5) is 24.9. The topological polar surface area (TPSA) is 46.6 Å². The smallest absolute Gasteiger partial charge is 0.416 e. The van der Waals surface area contributed by atoms with Crippen LogP contribution in [0.3, 0.4) is 0 Å². The fraction of sp³-hybridized carbons (Fsp3) is 0.667. The first-order chi connectivity index (χ1) is 7.68. The maximum absolute atomic E-state index is 12.2. The first kappa shape index (κ1) is 9.87. The Morgan fingerprint density at radius 1 is 1.44 bits per heavy atom. The summed E-state index contributed by atoms with van der Waals surface area (Å²) in [6.45, 7) is 2.87. The van der Waals surface area contributed by atoms with Crippen molar-refractivity contribution in [1.82, 2.24) is 4.90 Å². The van der Waals surface area contributed by atoms with Crippen molar-refractivity contribution < 1.29 is 14.3 Å². The van der Waals surface area contributed by atoms with E-state index in [0.29, 0.717) is 30.9 Å². The fourth-order valence-corrected chi connectivity index (χ4v) is 3.25. The number of hydrogen-bond donors (Lipinski definition) is 0. The highest BCUT2D eigenvalue weighted by atomic mass is 16.6. The van der Waals surface area contributed by atoms with Crippen LogP contribution in [0.5, 0.6) is 0 Å². The van der Waals surface area contributed by atoms with E-state index in [1.165, 1.54) is 4.90 Å². The third kappa shape index (κ3) is 1.22. The lowest BCUT2D eigenvalue weighted by Gasteiger charge is -2.26. The van der Waals surface area contributed by atoms with Gasteiger partial charge >= 0.3 is 6.09 Å². The maximum Gasteiger partial charge on any atom is 0.416 e. The molecule has 2 bridgehead atoms. The second-order valence-corrected chi connectivity index (χ2v) is 4.94. The van der Waals surface area contributed by atoms with E-state index in [1.54, 1.807) is 0 Å². The van der Waals surface area contributed by atoms with Gasteiger partial charge in [0.25, 0.3) is 0 Å². The Kier molecular flexibility index (Phi) is 2.06. The summed E-state index contributed by atoms with van der Waals surface area (Å²) in [6, 6.07) is 0. The Bertz CT molecular complexity index is 376. The molecule has 4 heteroatoms. The van der Waals surface area contributed by atoms with Crippen LogP contribution in [0.1, 0.15) is 13.3 Å². The van der Waals surface area contributed by atoms with E-state index in [1.807, 2.05) is 0 Å². The summed E-state index contributed by atoms with van der Waals surface area (Å²) in [5, 5.41) is 0. The third-order valence-corrected chi connectivity index (χ3v) is 4.16. The lowest BCUT2D eigenvalue weighted by molar-refractivity contribution is -0.134. The highest BCUT2D eigenvalue weighted by molar-refractivity contribution is 5.94. The van der Waals surface area contributed by atoms with Crippen molar-refractivity contribution in [2.24, 2.45) is 23.7 Å². The molecule has 0 spiro atoms. The van der Waals surface area contributed by atoms with Crippen LogP contribution >= 0.6 is 0 Å². The van der Waals surface area contributed by atoms with Gasteiger partial charge in [0, 0.05) is 5.92 Å². The van der Waals surface area contributed by atoms with Gasteiger partial charge in [-0.1, -0.05) is 19.1 Å². The Balaban J connectivity index is 1.81. The fourth-order valence-electron chi connectivity index (χ4n) is 3.25. The summed E-state index contributed by atoms with van der Waals surface area (Å²) in [5.74, 6) is 1.17. The lowest BCUT2D eigenvalue weighted by Crippen LogP contribution is -2.40. The van der Waals surface area contributed by atoms with E-state index in [0.717, 1.165) is 6.42 Å². The molecule has 2 amide bonds. The number of carbonyl (C=O) groups excluding carboxylic acids is 2. The maximum atomic E-state index is 12.2. The van der Waals surface area contributed by atoms with Gasteiger partial charge in [0.05, 0.1) is 6.54 Å². The molecule has 1 saturated carbocycles. The minimum absolute atomic E-state index is 0.0133. The van der Waals surface area contributed by atoms with Crippen LogP contribution < -0.4 is 0 Å². The number of fused-ring (bicyclic) bond motifs is 2. The zero-order valence-corrected chi connectivity index (χ0v) is 9.26. The first-order valence-electron chi connectivity index (χ1n) is 5.85. The van der Waals surface area contributed by atoms with Crippen molar-refractivity contribution in [3.8, 4) is 0 Å². The van der Waals surface area contributed by atoms with Crippen LogP contribution in [-0.4, -0.2) is 30.1 Å². The number of amides is 2. The Labute approximate surface area is 94.2 Å². The molecule has 4 atom stereocenters. The van der Waals surface area contributed by atoms with Gasteiger partial charge in [-0.25, -0.2) is 9.69 Å². The van der Waals surface area contributed by atoms with Crippen LogP contribution in [0.2, 0.25) is 0 Å². The van der Waals surface area contributed by atoms with Crippen molar-refractivity contribution in [3.05, 3.63) is 12.2 Å². The monoisotopic (exact) mass is 221 g/mol. The van der Waals surface area contributed by atoms with Crippen molar-refractivity contribution >= 4 is 12.0 Å². The van der Waals surface area contributed by atoms with Crippen LogP contribution in [0, 0.1) is 23.7 Å². The number of cyclic esters (lactones) is 1. The largest absolute Gasteiger partial charge is 0.447 e. The number of imide groups is 1. The molecule has 2 aliphatic carbocycles. The van der Waals surface area contributed by atoms with Crippen molar-refractivity contribution in [1.29, 1.82) is 0 Å². The zero-order valence-electron chi connectivity index (χ0n) is 9.26. The molecule has 0 aromatic rings. The number of nitrogens with zero attached hydrogens (tertiary/aromatic N) is 1. The van der Waals surface area contributed by atoms with E-state index in [9.17, 15) is 9.59 Å². The number of rotatable bonds is 1. The molecule has 3 rings (SSSR count). The van der Waals surface area contributed by atoms with Gasteiger partial charge in [-0.15, -0.1) is 0 Å². The summed E-state index contributed by atoms with van der Waals surface area (Å²) in [5.41, 5.74) is 0. The molecule has 0 unspecified atom stereocenters. The Morgan fingerprint density at radius 3 is 2.75 bits per heavy atom. The molecule has 0 aromatic heterocycles. The van der Waals surface area contributed by atoms with Crippen LogP contribution in [-0.2, 0) is 9.53 Å². The van der Waals surface area contributed by atoms with Crippen molar-refractivity contribution in [3.63, 3.8) is 0 Å². The average Bonchev–Trinajstić information content (AvgIpc) is 2.92. The van der Waals surface area contributed by atoms with E-state index >= 15 is 0 Å². The van der Waals surface area contributed by atoms with Crippen molar-refractivity contribution in [2.75, 3.05) is 13.2 Å². The standard InChI is InChI=1S/C12H15NO3/c1-7-8-2-3-9(6-8)10(7)11(14)13-4-5-16-12(13)15/h2-3,7-10H,4-6H2,1H3/t7-,8+,9-,10+/m0/s1. The van der Waals surface area contributed by atoms with Gasteiger partial charge in [-0.3, -0.25) is 4.79 Å². The third-order valence-electron chi connectivity index (χ3n) is 4.16. The predicted octanol–water partition coefficient (Wildman–Crippen LogP) is 1.42. The molecule has 0 radical (unpaired) electrons. The minimum Gasteiger partial charge on any atom is -0.447 e. The van der Waals surface area contributed by atoms with Crippen molar-refractivity contribution in [2.45, 2.75) is 13.3 Å². The van der Waals surface area contributed by atoms with Gasteiger partial charge in [0.15, 0.2) is 0 Å². The minimum atomic E-state index is -0.469. The Hall–Kier alpha value is -1.32. The molecule has 1 aliphatic heterocycles. The molecule has 4 nitrogen and oxygen atoms in total. The molecule has 3 aliphatic rings. The molecular formula is C12H15NO3. The molecule has 86 valence electrons. The number of hydrogen-bond acceptors (Lipinski definition) is 3. The molecular weight excluding hydrogens is 206 g/mol. The summed E-state index contributed by atoms with van der Waals surface area (Å²) < 4.78 is 4.81. The molecule has 1 heterocycles. The predicted molar refractivity (Wildman–Crippen MR) is 56.5 cm³/mol. The lowest BCUT2D eigenvalue weighted by atomic mass is 9.83. The number of carbonyl (C=O) groups is 2. The molecule has 0 N–H and O–H groups in total. The Morgan fingerprint density at radius 2 is 2.19 bits per heavy atom. The SMILES string of the molecule is C[C@@H]1[C@@H](C(=O)N2CCOC2=O)[C@H]2C=C[C@@H]1C2. The number of allylic oxidation sites excluding steroid dienone is 2. The van der Waals surface area contributed by atoms with Crippen LogP contribution in [0.4, 0.5) is 4.79 Å². The van der Waals surface area contributed by atoms with E-state index < -0.39 is 6.09 Å². The van der Waals surface area contributed by atoms with Gasteiger partial charge < -0.3 is 4.74 Å². The molecule has 2 fully saturated rings. The quantitative estimate of drug-likeness (QED) is 0.629. The summed E-state index contributed by atoms with van der Waals surface area (Å²) in [7, 11) is 0. The van der Waals surface area contributed by atoms with Crippen LogP contribution in [0.15, 0.2) is 12.2 Å². The zero-order chi connectivity index (χ0) is 11.3.